The van der Waals surface area contributed by atoms with Gasteiger partial charge in [0.05, 0.1) is 9.83 Å². The Bertz CT molecular complexity index is 235. The molecule has 0 aliphatic heterocycles. The summed E-state index contributed by atoms with van der Waals surface area (Å²) >= 11 is 1.09. The summed E-state index contributed by atoms with van der Waals surface area (Å²) in [7, 11) is 1.73. The van der Waals surface area contributed by atoms with Crippen molar-refractivity contribution in [1.29, 1.82) is 0 Å². The van der Waals surface area contributed by atoms with Crippen LogP contribution < -0.4 is 4.91 Å². The van der Waals surface area contributed by atoms with Gasteiger partial charge in [-0.1, -0.05) is 11.3 Å². The number of hydrogen-bond acceptors (Lipinski definition) is 4. The van der Waals surface area contributed by atoms with Crippen molar-refractivity contribution in [3.63, 3.8) is 0 Å². The van der Waals surface area contributed by atoms with Crippen LogP contribution in [0.3, 0.4) is 0 Å². The highest BCUT2D eigenvalue weighted by atomic mass is 32.1. The lowest BCUT2D eigenvalue weighted by molar-refractivity contribution is -0.380. The monoisotopic (exact) mass is 142 g/mol. The molecule has 0 fully saturated rings. The second-order valence-corrected chi connectivity index (χ2v) is 2.69. The van der Waals surface area contributed by atoms with E-state index in [9.17, 15) is 10.1 Å². The third kappa shape index (κ3) is 1.26. The van der Waals surface area contributed by atoms with E-state index in [1.165, 1.54) is 6.20 Å². The maximum atomic E-state index is 9.99. The van der Waals surface area contributed by atoms with Crippen molar-refractivity contribution >= 4 is 29.1 Å². The number of hydrogen-bond donors (Lipinski definition) is 0. The van der Waals surface area contributed by atoms with Crippen LogP contribution in [0.4, 0.5) is 5.00 Å². The first-order chi connectivity index (χ1) is 4.20. The number of rotatable bonds is 1. The maximum Gasteiger partial charge on any atom is 0.343 e. The van der Waals surface area contributed by atoms with Gasteiger partial charge in [-0.15, -0.1) is 0 Å². The van der Waals surface area contributed by atoms with Crippen molar-refractivity contribution in [1.82, 2.24) is 4.98 Å². The van der Waals surface area contributed by atoms with E-state index in [1.54, 1.807) is 7.85 Å². The third-order valence-electron chi connectivity index (χ3n) is 0.789. The molecule has 9 heavy (non-hydrogen) atoms. The molecule has 0 aliphatic carbocycles. The zero-order valence-corrected chi connectivity index (χ0v) is 5.51. The van der Waals surface area contributed by atoms with E-state index in [2.05, 4.69) is 4.98 Å². The SMILES string of the molecule is Bc1ncc([N+](=O)[O-])s1. The van der Waals surface area contributed by atoms with Crippen LogP contribution in [-0.4, -0.2) is 17.8 Å². The van der Waals surface area contributed by atoms with Gasteiger partial charge in [-0.2, -0.15) is 0 Å². The van der Waals surface area contributed by atoms with Crippen LogP contribution in [0.2, 0.25) is 0 Å². The molecule has 0 spiro atoms. The zero-order valence-electron chi connectivity index (χ0n) is 4.70. The number of aromatic nitrogens is 1. The lowest BCUT2D eigenvalue weighted by atomic mass is 10.2. The second-order valence-electron chi connectivity index (χ2n) is 1.47. The fraction of sp³-hybridized carbons (Fsp3) is 0. The summed E-state index contributed by atoms with van der Waals surface area (Å²) in [5.41, 5.74) is 0. The summed E-state index contributed by atoms with van der Waals surface area (Å²) in [6.07, 6.45) is 1.26. The quantitative estimate of drug-likeness (QED) is 0.296. The van der Waals surface area contributed by atoms with E-state index in [-0.39, 0.29) is 5.00 Å². The molecule has 6 heteroatoms. The minimum absolute atomic E-state index is 0.104. The van der Waals surface area contributed by atoms with Gasteiger partial charge in [0, 0.05) is 0 Å². The first-order valence-electron chi connectivity index (χ1n) is 2.27. The Labute approximate surface area is 56.1 Å². The van der Waals surface area contributed by atoms with E-state index in [0.717, 1.165) is 16.2 Å². The third-order valence-corrected chi connectivity index (χ3v) is 1.65. The van der Waals surface area contributed by atoms with Crippen molar-refractivity contribution < 1.29 is 4.92 Å². The van der Waals surface area contributed by atoms with Gasteiger partial charge in [0.1, 0.15) is 6.20 Å². The van der Waals surface area contributed by atoms with Crippen molar-refractivity contribution in [3.8, 4) is 0 Å². The molecule has 0 unspecified atom stereocenters. The highest BCUT2D eigenvalue weighted by Crippen LogP contribution is 2.12. The normalized spacial score (nSPS) is 9.33. The number of nitro groups is 1. The van der Waals surface area contributed by atoms with Crippen molar-refractivity contribution in [2.75, 3.05) is 0 Å². The van der Waals surface area contributed by atoms with Gasteiger partial charge in [0.15, 0.2) is 7.85 Å². The predicted molar refractivity (Wildman–Crippen MR) is 36.9 cm³/mol. The molecule has 0 aromatic carbocycles. The van der Waals surface area contributed by atoms with Crippen LogP contribution in [0.5, 0.6) is 0 Å². The smallest absolute Gasteiger partial charge is 0.257 e. The van der Waals surface area contributed by atoms with Gasteiger partial charge in [-0.05, 0) is 0 Å². The molecular formula is C3H3BN2O2S. The predicted octanol–water partition coefficient (Wildman–Crippen LogP) is -0.690. The highest BCUT2D eigenvalue weighted by Gasteiger charge is 2.06. The van der Waals surface area contributed by atoms with Crippen molar-refractivity contribution in [2.45, 2.75) is 0 Å². The van der Waals surface area contributed by atoms with Gasteiger partial charge in [-0.3, -0.25) is 15.1 Å². The Balaban J connectivity index is 2.98. The largest absolute Gasteiger partial charge is 0.343 e. The molecule has 0 atom stereocenters. The minimum atomic E-state index is -0.440. The molecule has 0 N–H and O–H groups in total. The standard InChI is InChI=1S/C3H3BN2O2S/c4-3-5-1-2(9-3)6(7)8/h1H,4H2. The first-order valence-corrected chi connectivity index (χ1v) is 3.08. The Morgan fingerprint density at radius 3 is 2.78 bits per heavy atom. The summed E-state index contributed by atoms with van der Waals surface area (Å²) in [4.78, 5) is 14.0. The number of nitrogens with zero attached hydrogens (tertiary/aromatic N) is 2. The molecule has 0 aliphatic rings. The van der Waals surface area contributed by atoms with Gasteiger partial charge >= 0.3 is 5.00 Å². The zero-order chi connectivity index (χ0) is 6.85. The van der Waals surface area contributed by atoms with Crippen molar-refractivity contribution in [2.24, 2.45) is 0 Å². The van der Waals surface area contributed by atoms with Gasteiger partial charge in [-0.25, -0.2) is 0 Å². The fourth-order valence-electron chi connectivity index (χ4n) is 0.435. The summed E-state index contributed by atoms with van der Waals surface area (Å²) in [5.74, 6) is 0. The molecule has 0 bridgehead atoms. The van der Waals surface area contributed by atoms with Crippen LogP contribution in [0, 0.1) is 10.1 Å². The molecule has 1 rings (SSSR count). The molecule has 0 radical (unpaired) electrons. The molecule has 1 aromatic heterocycles. The molecule has 0 saturated carbocycles. The van der Waals surface area contributed by atoms with Gasteiger partial charge in [0.25, 0.3) is 0 Å². The maximum absolute atomic E-state index is 9.99. The molecule has 1 aromatic rings. The number of thiazole rings is 1. The average Bonchev–Trinajstić information content (AvgIpc) is 2.14. The molecule has 0 saturated heterocycles. The van der Waals surface area contributed by atoms with Gasteiger partial charge in [0.2, 0.25) is 0 Å². The van der Waals surface area contributed by atoms with E-state index in [1.807, 2.05) is 0 Å². The summed E-state index contributed by atoms with van der Waals surface area (Å²) in [6, 6.07) is 0. The highest BCUT2D eigenvalue weighted by molar-refractivity contribution is 7.22. The van der Waals surface area contributed by atoms with E-state index < -0.39 is 4.92 Å². The van der Waals surface area contributed by atoms with Crippen LogP contribution in [0.1, 0.15) is 0 Å². The Morgan fingerprint density at radius 1 is 1.89 bits per heavy atom. The summed E-state index contributed by atoms with van der Waals surface area (Å²) in [5, 5.41) is 10.1. The van der Waals surface area contributed by atoms with E-state index >= 15 is 0 Å². The Kier molecular flexibility index (Phi) is 1.48. The summed E-state index contributed by atoms with van der Waals surface area (Å²) < 4.78 is 0. The molecule has 0 amide bonds. The molecule has 46 valence electrons. The van der Waals surface area contributed by atoms with Crippen LogP contribution in [0.25, 0.3) is 0 Å². The minimum Gasteiger partial charge on any atom is -0.257 e. The van der Waals surface area contributed by atoms with Crippen molar-refractivity contribution in [3.05, 3.63) is 16.3 Å². The molecule has 4 nitrogen and oxygen atoms in total. The summed E-state index contributed by atoms with van der Waals surface area (Å²) in [6.45, 7) is 0. The van der Waals surface area contributed by atoms with E-state index in [4.69, 9.17) is 0 Å². The lowest BCUT2D eigenvalue weighted by Gasteiger charge is -1.76. The topological polar surface area (TPSA) is 56.0 Å². The average molecular weight is 142 g/mol. The van der Waals surface area contributed by atoms with Crippen LogP contribution >= 0.6 is 11.3 Å². The lowest BCUT2D eigenvalue weighted by Crippen LogP contribution is -1.95. The second kappa shape index (κ2) is 2.14. The molecule has 1 heterocycles. The first kappa shape index (κ1) is 6.22. The van der Waals surface area contributed by atoms with Crippen LogP contribution in [0.15, 0.2) is 6.20 Å². The van der Waals surface area contributed by atoms with Crippen LogP contribution in [-0.2, 0) is 0 Å². The van der Waals surface area contributed by atoms with E-state index in [0.29, 0.717) is 0 Å². The molecular weight excluding hydrogens is 139 g/mol. The Hall–Kier alpha value is -0.905. The fourth-order valence-corrected chi connectivity index (χ4v) is 1.02. The Morgan fingerprint density at radius 2 is 2.56 bits per heavy atom. The van der Waals surface area contributed by atoms with Gasteiger partial charge < -0.3 is 0 Å².